The maximum Gasteiger partial charge on any atom is 0.338 e. The van der Waals surface area contributed by atoms with Crippen molar-refractivity contribution in [2.75, 3.05) is 6.61 Å². The Kier molecular flexibility index (Phi) is 5.10. The Morgan fingerprint density at radius 1 is 1.07 bits per heavy atom. The van der Waals surface area contributed by atoms with Crippen molar-refractivity contribution in [2.24, 2.45) is 0 Å². The summed E-state index contributed by atoms with van der Waals surface area (Å²) in [6.07, 6.45) is 6.19. The van der Waals surface area contributed by atoms with Gasteiger partial charge in [-0.2, -0.15) is 0 Å². The Hall–Kier alpha value is -3.54. The van der Waals surface area contributed by atoms with Crippen LogP contribution in [0.2, 0.25) is 0 Å². The highest BCUT2D eigenvalue weighted by Gasteiger charge is 2.16. The summed E-state index contributed by atoms with van der Waals surface area (Å²) in [7, 11) is 0. The topological polar surface area (TPSA) is 69.9 Å². The molecule has 4 aromatic rings. The first-order chi connectivity index (χ1) is 13.8. The van der Waals surface area contributed by atoms with Crippen LogP contribution >= 0.6 is 0 Å². The average Bonchev–Trinajstić information content (AvgIpc) is 3.11. The molecule has 140 valence electrons. The van der Waals surface area contributed by atoms with E-state index in [4.69, 9.17) is 9.72 Å². The summed E-state index contributed by atoms with van der Waals surface area (Å²) in [5.41, 5.74) is 4.21. The fourth-order valence-electron chi connectivity index (χ4n) is 3.18. The Morgan fingerprint density at radius 2 is 1.93 bits per heavy atom. The SMILES string of the molecule is CCOC(=O)c1ccc2c(c1)nc(-c1ccccn1)n2CCc1ccncc1. The Balaban J connectivity index is 1.76. The third-order valence-electron chi connectivity index (χ3n) is 4.53. The zero-order valence-corrected chi connectivity index (χ0v) is 15.6. The van der Waals surface area contributed by atoms with Crippen LogP contribution in [0.4, 0.5) is 0 Å². The fraction of sp³-hybridized carbons (Fsp3) is 0.182. The van der Waals surface area contributed by atoms with Gasteiger partial charge in [-0.05, 0) is 61.4 Å². The van der Waals surface area contributed by atoms with E-state index in [9.17, 15) is 4.79 Å². The highest BCUT2D eigenvalue weighted by atomic mass is 16.5. The lowest BCUT2D eigenvalue weighted by atomic mass is 10.2. The second-order valence-corrected chi connectivity index (χ2v) is 6.33. The summed E-state index contributed by atoms with van der Waals surface area (Å²) in [5.74, 6) is 0.445. The van der Waals surface area contributed by atoms with Gasteiger partial charge in [-0.25, -0.2) is 9.78 Å². The molecule has 0 aliphatic rings. The van der Waals surface area contributed by atoms with Crippen molar-refractivity contribution in [2.45, 2.75) is 19.9 Å². The van der Waals surface area contributed by atoms with Crippen LogP contribution in [0.15, 0.2) is 67.1 Å². The number of imidazole rings is 1. The molecular weight excluding hydrogens is 352 g/mol. The van der Waals surface area contributed by atoms with Crippen molar-refractivity contribution in [3.05, 3.63) is 78.2 Å². The number of benzene rings is 1. The molecule has 6 nitrogen and oxygen atoms in total. The van der Waals surface area contributed by atoms with Gasteiger partial charge in [0.05, 0.1) is 23.2 Å². The molecular formula is C22H20N4O2. The lowest BCUT2D eigenvalue weighted by molar-refractivity contribution is 0.0526. The van der Waals surface area contributed by atoms with Crippen LogP contribution in [0.25, 0.3) is 22.6 Å². The summed E-state index contributed by atoms with van der Waals surface area (Å²) in [6.45, 7) is 2.88. The number of carbonyl (C=O) groups excluding carboxylic acids is 1. The quantitative estimate of drug-likeness (QED) is 0.480. The van der Waals surface area contributed by atoms with E-state index in [1.54, 1.807) is 37.6 Å². The van der Waals surface area contributed by atoms with Gasteiger partial charge in [0, 0.05) is 25.1 Å². The number of esters is 1. The molecule has 3 heterocycles. The maximum absolute atomic E-state index is 12.1. The second-order valence-electron chi connectivity index (χ2n) is 6.33. The largest absolute Gasteiger partial charge is 0.462 e. The van der Waals surface area contributed by atoms with Crippen molar-refractivity contribution in [1.29, 1.82) is 0 Å². The van der Waals surface area contributed by atoms with Crippen molar-refractivity contribution < 1.29 is 9.53 Å². The normalized spacial score (nSPS) is 10.9. The van der Waals surface area contributed by atoms with Gasteiger partial charge in [0.15, 0.2) is 5.82 Å². The molecule has 0 amide bonds. The Morgan fingerprint density at radius 3 is 2.68 bits per heavy atom. The molecule has 0 saturated carbocycles. The number of fused-ring (bicyclic) bond motifs is 1. The van der Waals surface area contributed by atoms with Crippen molar-refractivity contribution in [1.82, 2.24) is 19.5 Å². The summed E-state index contributed by atoms with van der Waals surface area (Å²) < 4.78 is 7.26. The van der Waals surface area contributed by atoms with Gasteiger partial charge in [0.25, 0.3) is 0 Å². The number of carbonyl (C=O) groups is 1. The molecule has 4 rings (SSSR count). The minimum Gasteiger partial charge on any atom is -0.462 e. The van der Waals surface area contributed by atoms with Crippen LogP contribution in [-0.2, 0) is 17.7 Å². The summed E-state index contributed by atoms with van der Waals surface area (Å²) in [6, 6.07) is 15.3. The molecule has 28 heavy (non-hydrogen) atoms. The molecule has 0 unspecified atom stereocenters. The third kappa shape index (κ3) is 3.62. The lowest BCUT2D eigenvalue weighted by Gasteiger charge is -2.09. The van der Waals surface area contributed by atoms with Crippen LogP contribution in [0.5, 0.6) is 0 Å². The van der Waals surface area contributed by atoms with Gasteiger partial charge in [-0.15, -0.1) is 0 Å². The molecule has 1 aromatic carbocycles. The fourth-order valence-corrected chi connectivity index (χ4v) is 3.18. The van der Waals surface area contributed by atoms with Crippen LogP contribution in [-0.4, -0.2) is 32.1 Å². The molecule has 0 bridgehead atoms. The number of hydrogen-bond donors (Lipinski definition) is 0. The number of rotatable bonds is 6. The van der Waals surface area contributed by atoms with Gasteiger partial charge >= 0.3 is 5.97 Å². The number of nitrogens with zero attached hydrogens (tertiary/aromatic N) is 4. The standard InChI is InChI=1S/C22H20N4O2/c1-2-28-22(27)17-6-7-20-19(15-17)25-21(18-5-3-4-11-24-18)26(20)14-10-16-8-12-23-13-9-16/h3-9,11-13,15H,2,10,14H2,1H3. The van der Waals surface area contributed by atoms with Gasteiger partial charge in [-0.3, -0.25) is 9.97 Å². The number of ether oxygens (including phenoxy) is 1. The minimum atomic E-state index is -0.338. The van der Waals surface area contributed by atoms with E-state index in [2.05, 4.69) is 14.5 Å². The van der Waals surface area contributed by atoms with Gasteiger partial charge in [0.1, 0.15) is 5.69 Å². The smallest absolute Gasteiger partial charge is 0.338 e. The number of aromatic nitrogens is 4. The summed E-state index contributed by atoms with van der Waals surface area (Å²) in [4.78, 5) is 25.4. The molecule has 3 aromatic heterocycles. The number of hydrogen-bond acceptors (Lipinski definition) is 5. The number of pyridine rings is 2. The van der Waals surface area contributed by atoms with Crippen LogP contribution in [0.1, 0.15) is 22.8 Å². The Labute approximate surface area is 162 Å². The monoisotopic (exact) mass is 372 g/mol. The third-order valence-corrected chi connectivity index (χ3v) is 4.53. The van der Waals surface area contributed by atoms with Crippen LogP contribution in [0.3, 0.4) is 0 Å². The van der Waals surface area contributed by atoms with Crippen LogP contribution in [0, 0.1) is 0 Å². The van der Waals surface area contributed by atoms with Gasteiger partial charge in [-0.1, -0.05) is 6.07 Å². The molecule has 0 spiro atoms. The van der Waals surface area contributed by atoms with E-state index in [-0.39, 0.29) is 5.97 Å². The molecule has 0 N–H and O–H groups in total. The lowest BCUT2D eigenvalue weighted by Crippen LogP contribution is -2.05. The van der Waals surface area contributed by atoms with E-state index in [0.29, 0.717) is 12.2 Å². The van der Waals surface area contributed by atoms with E-state index in [1.165, 1.54) is 5.56 Å². The highest BCUT2D eigenvalue weighted by molar-refractivity contribution is 5.94. The molecule has 0 atom stereocenters. The molecule has 0 saturated heterocycles. The molecule has 0 radical (unpaired) electrons. The predicted octanol–water partition coefficient (Wildman–Crippen LogP) is 3.91. The number of aryl methyl sites for hydroxylation is 2. The van der Waals surface area contributed by atoms with Crippen molar-refractivity contribution >= 4 is 17.0 Å². The van der Waals surface area contributed by atoms with Crippen LogP contribution < -0.4 is 0 Å². The molecule has 0 aliphatic carbocycles. The Bertz CT molecular complexity index is 1090. The minimum absolute atomic E-state index is 0.338. The first-order valence-corrected chi connectivity index (χ1v) is 9.24. The predicted molar refractivity (Wildman–Crippen MR) is 107 cm³/mol. The van der Waals surface area contributed by atoms with E-state index in [1.807, 2.05) is 36.4 Å². The van der Waals surface area contributed by atoms with E-state index < -0.39 is 0 Å². The van der Waals surface area contributed by atoms with Crippen molar-refractivity contribution in [3.8, 4) is 11.5 Å². The summed E-state index contributed by atoms with van der Waals surface area (Å²) >= 11 is 0. The molecule has 0 fully saturated rings. The molecule has 6 heteroatoms. The molecule has 0 aliphatic heterocycles. The zero-order chi connectivity index (χ0) is 19.3. The van der Waals surface area contributed by atoms with E-state index in [0.717, 1.165) is 35.5 Å². The maximum atomic E-state index is 12.1. The van der Waals surface area contributed by atoms with E-state index >= 15 is 0 Å². The zero-order valence-electron chi connectivity index (χ0n) is 15.6. The van der Waals surface area contributed by atoms with Gasteiger partial charge in [0.2, 0.25) is 0 Å². The highest BCUT2D eigenvalue weighted by Crippen LogP contribution is 2.25. The summed E-state index contributed by atoms with van der Waals surface area (Å²) in [5, 5.41) is 0. The second kappa shape index (κ2) is 8.00. The average molecular weight is 372 g/mol. The van der Waals surface area contributed by atoms with Crippen molar-refractivity contribution in [3.63, 3.8) is 0 Å². The first kappa shape index (κ1) is 17.9. The van der Waals surface area contributed by atoms with Gasteiger partial charge < -0.3 is 9.30 Å². The first-order valence-electron chi connectivity index (χ1n) is 9.24.